The highest BCUT2D eigenvalue weighted by Gasteiger charge is 2.32. The topological polar surface area (TPSA) is 42.0 Å². The van der Waals surface area contributed by atoms with E-state index in [0.29, 0.717) is 0 Å². The number of ketones is 1. The smallest absolute Gasteiger partial charge is 0.134 e. The van der Waals surface area contributed by atoms with E-state index in [1.54, 1.807) is 13.1 Å². The van der Waals surface area contributed by atoms with Gasteiger partial charge in [0.1, 0.15) is 5.78 Å². The van der Waals surface area contributed by atoms with Crippen LogP contribution in [-0.4, -0.2) is 23.9 Å². The molecule has 0 aliphatic carbocycles. The van der Waals surface area contributed by atoms with Gasteiger partial charge in [0, 0.05) is 36.8 Å². The fourth-order valence-corrected chi connectivity index (χ4v) is 2.01. The van der Waals surface area contributed by atoms with Crippen molar-refractivity contribution >= 4 is 5.78 Å². The second kappa shape index (κ2) is 3.88. The molecule has 2 rings (SSSR count). The van der Waals surface area contributed by atoms with Crippen LogP contribution in [0.3, 0.4) is 0 Å². The van der Waals surface area contributed by atoms with Crippen molar-refractivity contribution in [2.24, 2.45) is 5.92 Å². The Morgan fingerprint density at radius 1 is 1.50 bits per heavy atom. The SMILES string of the molecule is CC(=O)[C@H]1CNC[C@@H]1c1ccccn1. The second-order valence-corrected chi connectivity index (χ2v) is 3.74. The third-order valence-corrected chi connectivity index (χ3v) is 2.80. The van der Waals surface area contributed by atoms with E-state index in [2.05, 4.69) is 10.3 Å². The van der Waals surface area contributed by atoms with Gasteiger partial charge in [0.05, 0.1) is 0 Å². The molecule has 3 nitrogen and oxygen atoms in total. The van der Waals surface area contributed by atoms with Crippen molar-refractivity contribution in [1.29, 1.82) is 0 Å². The minimum absolute atomic E-state index is 0.102. The second-order valence-electron chi connectivity index (χ2n) is 3.74. The molecule has 0 aromatic carbocycles. The fraction of sp³-hybridized carbons (Fsp3) is 0.455. The first kappa shape index (κ1) is 9.34. The summed E-state index contributed by atoms with van der Waals surface area (Å²) in [4.78, 5) is 15.7. The Morgan fingerprint density at radius 3 is 3.00 bits per heavy atom. The van der Waals surface area contributed by atoms with Gasteiger partial charge in [-0.05, 0) is 19.1 Å². The summed E-state index contributed by atoms with van der Waals surface area (Å²) in [6.45, 7) is 3.31. The number of rotatable bonds is 2. The zero-order valence-electron chi connectivity index (χ0n) is 8.23. The average Bonchev–Trinajstić information content (AvgIpc) is 2.67. The number of Topliss-reactive ketones (excluding diaryl/α,β-unsaturated/α-hetero) is 1. The summed E-state index contributed by atoms with van der Waals surface area (Å²) < 4.78 is 0. The van der Waals surface area contributed by atoms with Gasteiger partial charge in [-0.15, -0.1) is 0 Å². The molecule has 0 bridgehead atoms. The molecule has 0 amide bonds. The average molecular weight is 190 g/mol. The zero-order chi connectivity index (χ0) is 9.97. The summed E-state index contributed by atoms with van der Waals surface area (Å²) in [6, 6.07) is 5.86. The highest BCUT2D eigenvalue weighted by Crippen LogP contribution is 2.26. The molecular formula is C11H14N2O. The number of nitrogens with one attached hydrogen (secondary N) is 1. The van der Waals surface area contributed by atoms with Gasteiger partial charge in [0.2, 0.25) is 0 Å². The maximum atomic E-state index is 11.4. The van der Waals surface area contributed by atoms with Crippen LogP contribution in [0.2, 0.25) is 0 Å². The first-order valence-corrected chi connectivity index (χ1v) is 4.91. The van der Waals surface area contributed by atoms with Crippen molar-refractivity contribution in [3.63, 3.8) is 0 Å². The highest BCUT2D eigenvalue weighted by atomic mass is 16.1. The van der Waals surface area contributed by atoms with Crippen molar-refractivity contribution in [3.05, 3.63) is 30.1 Å². The molecule has 0 saturated carbocycles. The number of hydrogen-bond acceptors (Lipinski definition) is 3. The van der Waals surface area contributed by atoms with Crippen LogP contribution in [0.1, 0.15) is 18.5 Å². The maximum Gasteiger partial charge on any atom is 0.134 e. The molecule has 1 aliphatic rings. The molecule has 1 aromatic rings. The van der Waals surface area contributed by atoms with Crippen LogP contribution in [0.15, 0.2) is 24.4 Å². The summed E-state index contributed by atoms with van der Waals surface area (Å²) >= 11 is 0. The van der Waals surface area contributed by atoms with Gasteiger partial charge in [-0.1, -0.05) is 6.07 Å². The Hall–Kier alpha value is -1.22. The maximum absolute atomic E-state index is 11.4. The molecule has 3 heteroatoms. The summed E-state index contributed by atoms with van der Waals surface area (Å²) in [7, 11) is 0. The fourth-order valence-electron chi connectivity index (χ4n) is 2.01. The normalized spacial score (nSPS) is 26.4. The molecule has 74 valence electrons. The van der Waals surface area contributed by atoms with Crippen molar-refractivity contribution in [2.45, 2.75) is 12.8 Å². The van der Waals surface area contributed by atoms with Crippen molar-refractivity contribution in [3.8, 4) is 0 Å². The van der Waals surface area contributed by atoms with Crippen LogP contribution in [0, 0.1) is 5.92 Å². The van der Waals surface area contributed by atoms with E-state index in [4.69, 9.17) is 0 Å². The molecule has 2 atom stereocenters. The van der Waals surface area contributed by atoms with Crippen LogP contribution >= 0.6 is 0 Å². The lowest BCUT2D eigenvalue weighted by Crippen LogP contribution is -2.19. The van der Waals surface area contributed by atoms with Gasteiger partial charge >= 0.3 is 0 Å². The molecule has 1 aromatic heterocycles. The Balaban J connectivity index is 2.22. The zero-order valence-corrected chi connectivity index (χ0v) is 8.23. The number of carbonyl (C=O) groups excluding carboxylic acids is 1. The predicted octanol–water partition coefficient (Wildman–Crippen LogP) is 0.974. The van der Waals surface area contributed by atoms with E-state index in [1.165, 1.54) is 0 Å². The Bertz CT molecular complexity index is 323. The predicted molar refractivity (Wildman–Crippen MR) is 54.0 cm³/mol. The van der Waals surface area contributed by atoms with Gasteiger partial charge in [-0.2, -0.15) is 0 Å². The third kappa shape index (κ3) is 1.68. The van der Waals surface area contributed by atoms with Crippen LogP contribution in [0.25, 0.3) is 0 Å². The molecule has 0 unspecified atom stereocenters. The highest BCUT2D eigenvalue weighted by molar-refractivity contribution is 5.80. The Kier molecular flexibility index (Phi) is 2.59. The van der Waals surface area contributed by atoms with Gasteiger partial charge in [-0.3, -0.25) is 9.78 Å². The van der Waals surface area contributed by atoms with Gasteiger partial charge in [0.25, 0.3) is 0 Å². The summed E-state index contributed by atoms with van der Waals surface area (Å²) in [6.07, 6.45) is 1.78. The van der Waals surface area contributed by atoms with Gasteiger partial charge < -0.3 is 5.32 Å². The third-order valence-electron chi connectivity index (χ3n) is 2.80. The van der Waals surface area contributed by atoms with Gasteiger partial charge in [0.15, 0.2) is 0 Å². The number of hydrogen-bond donors (Lipinski definition) is 1. The van der Waals surface area contributed by atoms with E-state index in [0.717, 1.165) is 18.8 Å². The minimum atomic E-state index is 0.102. The van der Waals surface area contributed by atoms with Crippen molar-refractivity contribution in [1.82, 2.24) is 10.3 Å². The van der Waals surface area contributed by atoms with Gasteiger partial charge in [-0.25, -0.2) is 0 Å². The monoisotopic (exact) mass is 190 g/mol. The van der Waals surface area contributed by atoms with Crippen molar-refractivity contribution in [2.75, 3.05) is 13.1 Å². The number of pyridine rings is 1. The first-order valence-electron chi connectivity index (χ1n) is 4.91. The Morgan fingerprint density at radius 2 is 2.36 bits per heavy atom. The van der Waals surface area contributed by atoms with E-state index < -0.39 is 0 Å². The van der Waals surface area contributed by atoms with Crippen LogP contribution < -0.4 is 5.32 Å². The summed E-state index contributed by atoms with van der Waals surface area (Å²) in [5, 5.41) is 3.24. The lowest BCUT2D eigenvalue weighted by atomic mass is 9.90. The number of carbonyl (C=O) groups is 1. The van der Waals surface area contributed by atoms with Crippen LogP contribution in [0.4, 0.5) is 0 Å². The Labute approximate surface area is 83.5 Å². The first-order chi connectivity index (χ1) is 6.79. The van der Waals surface area contributed by atoms with Crippen LogP contribution in [0.5, 0.6) is 0 Å². The van der Waals surface area contributed by atoms with Crippen LogP contribution in [-0.2, 0) is 4.79 Å². The summed E-state index contributed by atoms with van der Waals surface area (Å²) in [5.74, 6) is 0.615. The molecule has 1 fully saturated rings. The van der Waals surface area contributed by atoms with E-state index in [1.807, 2.05) is 18.2 Å². The van der Waals surface area contributed by atoms with Crippen molar-refractivity contribution < 1.29 is 4.79 Å². The lowest BCUT2D eigenvalue weighted by molar-refractivity contribution is -0.120. The molecule has 1 saturated heterocycles. The molecule has 0 spiro atoms. The largest absolute Gasteiger partial charge is 0.315 e. The number of nitrogens with zero attached hydrogens (tertiary/aromatic N) is 1. The molecule has 1 aliphatic heterocycles. The molecule has 14 heavy (non-hydrogen) atoms. The minimum Gasteiger partial charge on any atom is -0.315 e. The van der Waals surface area contributed by atoms with E-state index in [9.17, 15) is 4.79 Å². The quantitative estimate of drug-likeness (QED) is 0.755. The van der Waals surface area contributed by atoms with E-state index >= 15 is 0 Å². The molecule has 0 radical (unpaired) electrons. The standard InChI is InChI=1S/C11H14N2O/c1-8(14)9-6-12-7-10(9)11-4-2-3-5-13-11/h2-5,9-10,12H,6-7H2,1H3/t9-,10+/m1/s1. The molecule has 1 N–H and O–H groups in total. The van der Waals surface area contributed by atoms with E-state index in [-0.39, 0.29) is 17.6 Å². The lowest BCUT2D eigenvalue weighted by Gasteiger charge is -2.14. The number of aromatic nitrogens is 1. The molecular weight excluding hydrogens is 176 g/mol. The summed E-state index contributed by atoms with van der Waals surface area (Å²) in [5.41, 5.74) is 1.03. The molecule has 2 heterocycles.